The zero-order valence-electron chi connectivity index (χ0n) is 11.1. The topological polar surface area (TPSA) is 54.3 Å². The summed E-state index contributed by atoms with van der Waals surface area (Å²) in [6, 6.07) is 5.48. The standard InChI is InChI=1S/C13H20N2O3/c1-4-15(5-2)12-7-6-11(13(16)8-12)9-14-18-10-17-3/h6-9,16H,4-5,10H2,1-3H3/b14-9+. The van der Waals surface area contributed by atoms with E-state index < -0.39 is 0 Å². The van der Waals surface area contributed by atoms with Gasteiger partial charge < -0.3 is 19.6 Å². The summed E-state index contributed by atoms with van der Waals surface area (Å²) in [7, 11) is 1.52. The fourth-order valence-electron chi connectivity index (χ4n) is 1.60. The zero-order chi connectivity index (χ0) is 13.4. The Morgan fingerprint density at radius 1 is 1.33 bits per heavy atom. The highest BCUT2D eigenvalue weighted by molar-refractivity contribution is 5.84. The molecule has 1 N–H and O–H groups in total. The molecule has 0 saturated carbocycles. The van der Waals surface area contributed by atoms with Crippen molar-refractivity contribution in [2.45, 2.75) is 13.8 Å². The molecule has 5 nitrogen and oxygen atoms in total. The monoisotopic (exact) mass is 252 g/mol. The van der Waals surface area contributed by atoms with Crippen LogP contribution in [0, 0.1) is 0 Å². The van der Waals surface area contributed by atoms with Crippen LogP contribution < -0.4 is 4.90 Å². The minimum atomic E-state index is 0.0921. The van der Waals surface area contributed by atoms with Gasteiger partial charge in [0.25, 0.3) is 0 Å². The fraction of sp³-hybridized carbons (Fsp3) is 0.462. The zero-order valence-corrected chi connectivity index (χ0v) is 11.1. The number of aromatic hydroxyl groups is 1. The van der Waals surface area contributed by atoms with Crippen molar-refractivity contribution in [2.75, 3.05) is 31.9 Å². The van der Waals surface area contributed by atoms with Crippen LogP contribution in [0.1, 0.15) is 19.4 Å². The minimum Gasteiger partial charge on any atom is -0.507 e. The van der Waals surface area contributed by atoms with Crippen molar-refractivity contribution in [2.24, 2.45) is 5.16 Å². The van der Waals surface area contributed by atoms with E-state index in [1.165, 1.54) is 13.3 Å². The smallest absolute Gasteiger partial charge is 0.216 e. The summed E-state index contributed by atoms with van der Waals surface area (Å²) in [4.78, 5) is 6.94. The number of hydrogen-bond acceptors (Lipinski definition) is 5. The highest BCUT2D eigenvalue weighted by atomic mass is 16.7. The molecule has 0 aliphatic carbocycles. The molecule has 1 rings (SSSR count). The molecule has 0 amide bonds. The number of ether oxygens (including phenoxy) is 1. The van der Waals surface area contributed by atoms with Gasteiger partial charge in [-0.05, 0) is 26.0 Å². The Morgan fingerprint density at radius 2 is 2.06 bits per heavy atom. The van der Waals surface area contributed by atoms with E-state index >= 15 is 0 Å². The first kappa shape index (κ1) is 14.3. The van der Waals surface area contributed by atoms with Crippen molar-refractivity contribution in [3.8, 4) is 5.75 Å². The number of hydrogen-bond donors (Lipinski definition) is 1. The van der Waals surface area contributed by atoms with Gasteiger partial charge in [-0.2, -0.15) is 0 Å². The maximum Gasteiger partial charge on any atom is 0.216 e. The normalized spacial score (nSPS) is 10.8. The predicted octanol–water partition coefficient (Wildman–Crippen LogP) is 2.19. The maximum absolute atomic E-state index is 9.88. The van der Waals surface area contributed by atoms with Gasteiger partial charge in [0.2, 0.25) is 6.79 Å². The summed E-state index contributed by atoms with van der Waals surface area (Å²) in [5.74, 6) is 0.184. The van der Waals surface area contributed by atoms with Gasteiger partial charge >= 0.3 is 0 Å². The van der Waals surface area contributed by atoms with Crippen molar-refractivity contribution in [1.29, 1.82) is 0 Å². The molecule has 0 spiro atoms. The molecule has 1 aromatic rings. The second-order valence-electron chi connectivity index (χ2n) is 3.69. The lowest BCUT2D eigenvalue weighted by Crippen LogP contribution is -2.21. The Kier molecular flexibility index (Phi) is 6.00. The number of anilines is 1. The Labute approximate surface area is 108 Å². The van der Waals surface area contributed by atoms with Crippen molar-refractivity contribution in [3.63, 3.8) is 0 Å². The van der Waals surface area contributed by atoms with Gasteiger partial charge in [-0.3, -0.25) is 0 Å². The van der Waals surface area contributed by atoms with Crippen LogP contribution >= 0.6 is 0 Å². The third kappa shape index (κ3) is 3.92. The Morgan fingerprint density at radius 3 is 2.61 bits per heavy atom. The molecule has 0 fully saturated rings. The molecule has 0 bridgehead atoms. The highest BCUT2D eigenvalue weighted by Crippen LogP contribution is 2.23. The van der Waals surface area contributed by atoms with Crippen molar-refractivity contribution >= 4 is 11.9 Å². The molecular weight excluding hydrogens is 232 g/mol. The number of methoxy groups -OCH3 is 1. The first-order valence-electron chi connectivity index (χ1n) is 5.95. The molecule has 0 radical (unpaired) electrons. The third-order valence-electron chi connectivity index (χ3n) is 2.58. The van der Waals surface area contributed by atoms with Gasteiger partial charge in [0.05, 0.1) is 6.21 Å². The van der Waals surface area contributed by atoms with E-state index in [9.17, 15) is 5.11 Å². The summed E-state index contributed by atoms with van der Waals surface area (Å²) >= 11 is 0. The number of benzene rings is 1. The fourth-order valence-corrected chi connectivity index (χ4v) is 1.60. The third-order valence-corrected chi connectivity index (χ3v) is 2.58. The van der Waals surface area contributed by atoms with E-state index in [2.05, 4.69) is 28.6 Å². The molecule has 0 aliphatic rings. The Balaban J connectivity index is 2.76. The lowest BCUT2D eigenvalue weighted by Gasteiger charge is -2.21. The molecule has 100 valence electrons. The minimum absolute atomic E-state index is 0.0921. The van der Waals surface area contributed by atoms with Crippen molar-refractivity contribution in [1.82, 2.24) is 0 Å². The molecule has 0 saturated heterocycles. The summed E-state index contributed by atoms with van der Waals surface area (Å²) in [5, 5.41) is 13.6. The molecule has 0 unspecified atom stereocenters. The highest BCUT2D eigenvalue weighted by Gasteiger charge is 2.05. The molecule has 0 aliphatic heterocycles. The van der Waals surface area contributed by atoms with E-state index in [1.54, 1.807) is 6.07 Å². The molecular formula is C13H20N2O3. The average Bonchev–Trinajstić information content (AvgIpc) is 2.38. The van der Waals surface area contributed by atoms with Crippen LogP contribution in [0.5, 0.6) is 5.75 Å². The van der Waals surface area contributed by atoms with Gasteiger partial charge in [-0.1, -0.05) is 5.16 Å². The van der Waals surface area contributed by atoms with Gasteiger partial charge in [0.1, 0.15) is 5.75 Å². The van der Waals surface area contributed by atoms with Gasteiger partial charge in [-0.15, -0.1) is 0 Å². The second kappa shape index (κ2) is 7.55. The van der Waals surface area contributed by atoms with Crippen LogP contribution in [0.4, 0.5) is 5.69 Å². The lowest BCUT2D eigenvalue weighted by atomic mass is 10.2. The summed E-state index contributed by atoms with van der Waals surface area (Å²) < 4.78 is 4.68. The molecule has 1 aromatic carbocycles. The second-order valence-corrected chi connectivity index (χ2v) is 3.69. The van der Waals surface area contributed by atoms with Crippen LogP contribution in [0.3, 0.4) is 0 Å². The predicted molar refractivity (Wildman–Crippen MR) is 72.2 cm³/mol. The largest absolute Gasteiger partial charge is 0.507 e. The van der Waals surface area contributed by atoms with Crippen LogP contribution in [0.2, 0.25) is 0 Å². The molecule has 0 aromatic heterocycles. The van der Waals surface area contributed by atoms with E-state index in [-0.39, 0.29) is 12.5 Å². The van der Waals surface area contributed by atoms with Crippen LogP contribution in [-0.2, 0) is 9.57 Å². The van der Waals surface area contributed by atoms with Crippen molar-refractivity contribution < 1.29 is 14.7 Å². The quantitative estimate of drug-likeness (QED) is 0.350. The van der Waals surface area contributed by atoms with Gasteiger partial charge in [0, 0.05) is 37.5 Å². The average molecular weight is 252 g/mol. The molecule has 0 atom stereocenters. The number of phenolic OH excluding ortho intramolecular Hbond substituents is 1. The van der Waals surface area contributed by atoms with Gasteiger partial charge in [-0.25, -0.2) is 0 Å². The lowest BCUT2D eigenvalue weighted by molar-refractivity contribution is -0.0275. The summed E-state index contributed by atoms with van der Waals surface area (Å²) in [6.07, 6.45) is 1.46. The first-order valence-corrected chi connectivity index (χ1v) is 5.95. The SMILES string of the molecule is CCN(CC)c1ccc(/C=N/OCOC)c(O)c1. The van der Waals surface area contributed by atoms with Crippen LogP contribution in [0.25, 0.3) is 0 Å². The molecule has 0 heterocycles. The van der Waals surface area contributed by atoms with Crippen LogP contribution in [0.15, 0.2) is 23.4 Å². The molecule has 5 heteroatoms. The number of oxime groups is 1. The Bertz CT molecular complexity index is 390. The van der Waals surface area contributed by atoms with Gasteiger partial charge in [0.15, 0.2) is 0 Å². The first-order chi connectivity index (χ1) is 8.72. The maximum atomic E-state index is 9.88. The summed E-state index contributed by atoms with van der Waals surface area (Å²) in [5.41, 5.74) is 1.61. The van der Waals surface area contributed by atoms with E-state index in [0.717, 1.165) is 18.8 Å². The van der Waals surface area contributed by atoms with E-state index in [0.29, 0.717) is 5.56 Å². The number of nitrogens with zero attached hydrogens (tertiary/aromatic N) is 2. The summed E-state index contributed by atoms with van der Waals surface area (Å²) in [6.45, 7) is 6.05. The Hall–Kier alpha value is -1.75. The molecule has 18 heavy (non-hydrogen) atoms. The number of rotatable bonds is 7. The number of phenols is 1. The van der Waals surface area contributed by atoms with E-state index in [1.807, 2.05) is 12.1 Å². The van der Waals surface area contributed by atoms with E-state index in [4.69, 9.17) is 4.84 Å². The van der Waals surface area contributed by atoms with Crippen molar-refractivity contribution in [3.05, 3.63) is 23.8 Å². The van der Waals surface area contributed by atoms with Crippen LogP contribution in [-0.4, -0.2) is 38.3 Å².